The van der Waals surface area contributed by atoms with Crippen molar-refractivity contribution in [2.24, 2.45) is 0 Å². The second-order valence-electron chi connectivity index (χ2n) is 4.48. The maximum Gasteiger partial charge on any atom is 0.116 e. The highest BCUT2D eigenvalue weighted by molar-refractivity contribution is 6.23. The van der Waals surface area contributed by atoms with Gasteiger partial charge in [0.2, 0.25) is 0 Å². The highest BCUT2D eigenvalue weighted by Crippen LogP contribution is 2.36. The molecule has 1 nitrogen and oxygen atoms in total. The first-order valence-corrected chi connectivity index (χ1v) is 5.69. The Morgan fingerprint density at radius 1 is 0.588 bits per heavy atom. The van der Waals surface area contributed by atoms with Crippen molar-refractivity contribution in [1.82, 2.24) is 0 Å². The van der Waals surface area contributed by atoms with Gasteiger partial charge in [0.15, 0.2) is 0 Å². The standard InChI is InChI=1S/C16H10O/c17-14-8-12-6-4-10-2-1-3-11-5-7-13(9-14)16(12)15(10)11/h1-9,17H. The van der Waals surface area contributed by atoms with Crippen LogP contribution >= 0.6 is 0 Å². The predicted octanol–water partition coefficient (Wildman–Crippen LogP) is 4.29. The summed E-state index contributed by atoms with van der Waals surface area (Å²) < 4.78 is 0. The molecule has 0 aliphatic carbocycles. The molecule has 0 aromatic heterocycles. The molecule has 4 aromatic rings. The second kappa shape index (κ2) is 2.89. The van der Waals surface area contributed by atoms with Gasteiger partial charge in [-0.15, -0.1) is 0 Å². The Kier molecular flexibility index (Phi) is 1.50. The van der Waals surface area contributed by atoms with Crippen LogP contribution in [0.1, 0.15) is 0 Å². The minimum Gasteiger partial charge on any atom is -0.508 e. The summed E-state index contributed by atoms with van der Waals surface area (Å²) in [7, 11) is 0. The Balaban J connectivity index is 2.45. The molecule has 0 spiro atoms. The zero-order chi connectivity index (χ0) is 11.4. The summed E-state index contributed by atoms with van der Waals surface area (Å²) in [5.74, 6) is 0.330. The van der Waals surface area contributed by atoms with Gasteiger partial charge < -0.3 is 5.11 Å². The number of aromatic hydroxyl groups is 1. The van der Waals surface area contributed by atoms with Crippen molar-refractivity contribution in [3.63, 3.8) is 0 Å². The predicted molar refractivity (Wildman–Crippen MR) is 71.8 cm³/mol. The minimum atomic E-state index is 0.330. The molecule has 0 aliphatic rings. The topological polar surface area (TPSA) is 20.2 Å². The first-order chi connectivity index (χ1) is 8.33. The first-order valence-electron chi connectivity index (χ1n) is 5.69. The van der Waals surface area contributed by atoms with Crippen molar-refractivity contribution in [2.75, 3.05) is 0 Å². The van der Waals surface area contributed by atoms with E-state index in [1.165, 1.54) is 21.5 Å². The van der Waals surface area contributed by atoms with E-state index in [9.17, 15) is 5.11 Å². The Hall–Kier alpha value is -2.28. The average Bonchev–Trinajstić information content (AvgIpc) is 2.35. The third-order valence-electron chi connectivity index (χ3n) is 3.45. The lowest BCUT2D eigenvalue weighted by Crippen LogP contribution is -1.83. The van der Waals surface area contributed by atoms with Crippen LogP contribution in [-0.4, -0.2) is 5.11 Å². The smallest absolute Gasteiger partial charge is 0.116 e. The van der Waals surface area contributed by atoms with Gasteiger partial charge in [0.25, 0.3) is 0 Å². The normalized spacial score (nSPS) is 11.8. The molecule has 80 valence electrons. The SMILES string of the molecule is Oc1cc2ccc3cccc4ccc(c1)c2c34. The van der Waals surface area contributed by atoms with Crippen molar-refractivity contribution >= 4 is 32.3 Å². The van der Waals surface area contributed by atoms with Crippen molar-refractivity contribution < 1.29 is 5.11 Å². The maximum atomic E-state index is 9.70. The minimum absolute atomic E-state index is 0.330. The highest BCUT2D eigenvalue weighted by atomic mass is 16.3. The lowest BCUT2D eigenvalue weighted by Gasteiger charge is -2.10. The zero-order valence-electron chi connectivity index (χ0n) is 9.14. The molecular formula is C16H10O. The number of benzene rings is 4. The van der Waals surface area contributed by atoms with E-state index in [0.29, 0.717) is 5.75 Å². The van der Waals surface area contributed by atoms with Gasteiger partial charge >= 0.3 is 0 Å². The first kappa shape index (κ1) is 8.82. The monoisotopic (exact) mass is 218 g/mol. The van der Waals surface area contributed by atoms with Gasteiger partial charge in [-0.1, -0.05) is 42.5 Å². The zero-order valence-corrected chi connectivity index (χ0v) is 9.14. The van der Waals surface area contributed by atoms with Crippen molar-refractivity contribution in [3.05, 3.63) is 54.6 Å². The highest BCUT2D eigenvalue weighted by Gasteiger charge is 2.08. The third kappa shape index (κ3) is 1.08. The molecule has 0 bridgehead atoms. The van der Waals surface area contributed by atoms with Crippen molar-refractivity contribution in [1.29, 1.82) is 0 Å². The van der Waals surface area contributed by atoms with Crippen LogP contribution in [-0.2, 0) is 0 Å². The van der Waals surface area contributed by atoms with E-state index in [4.69, 9.17) is 0 Å². The van der Waals surface area contributed by atoms with Crippen LogP contribution in [0.5, 0.6) is 5.75 Å². The van der Waals surface area contributed by atoms with Gasteiger partial charge in [-0.05, 0) is 44.5 Å². The summed E-state index contributed by atoms with van der Waals surface area (Å²) in [6.45, 7) is 0. The van der Waals surface area contributed by atoms with E-state index in [1.807, 2.05) is 12.1 Å². The molecule has 0 radical (unpaired) electrons. The fourth-order valence-electron chi connectivity index (χ4n) is 2.74. The van der Waals surface area contributed by atoms with Crippen LogP contribution in [0.15, 0.2) is 54.6 Å². The lowest BCUT2D eigenvalue weighted by atomic mass is 9.94. The Morgan fingerprint density at radius 3 is 1.65 bits per heavy atom. The van der Waals surface area contributed by atoms with Crippen LogP contribution in [0.4, 0.5) is 0 Å². The molecule has 4 rings (SSSR count). The molecule has 0 atom stereocenters. The number of phenols is 1. The molecule has 0 saturated heterocycles. The van der Waals surface area contributed by atoms with Crippen molar-refractivity contribution in [2.45, 2.75) is 0 Å². The quantitative estimate of drug-likeness (QED) is 0.436. The lowest BCUT2D eigenvalue weighted by molar-refractivity contribution is 0.477. The number of rotatable bonds is 0. The largest absolute Gasteiger partial charge is 0.508 e. The number of hydrogen-bond acceptors (Lipinski definition) is 1. The van der Waals surface area contributed by atoms with E-state index in [-0.39, 0.29) is 0 Å². The van der Waals surface area contributed by atoms with E-state index in [0.717, 1.165) is 10.8 Å². The van der Waals surface area contributed by atoms with Crippen molar-refractivity contribution in [3.8, 4) is 5.75 Å². The van der Waals surface area contributed by atoms with Crippen LogP contribution in [0.3, 0.4) is 0 Å². The molecule has 17 heavy (non-hydrogen) atoms. The molecule has 0 aliphatic heterocycles. The Labute approximate surface area is 98.2 Å². The number of hydrogen-bond donors (Lipinski definition) is 1. The van der Waals surface area contributed by atoms with E-state index < -0.39 is 0 Å². The van der Waals surface area contributed by atoms with Gasteiger partial charge in [-0.2, -0.15) is 0 Å². The van der Waals surface area contributed by atoms with E-state index in [1.54, 1.807) is 0 Å². The summed E-state index contributed by atoms with van der Waals surface area (Å²) in [6, 6.07) is 18.4. The summed E-state index contributed by atoms with van der Waals surface area (Å²) in [4.78, 5) is 0. The second-order valence-corrected chi connectivity index (χ2v) is 4.48. The van der Waals surface area contributed by atoms with Crippen LogP contribution in [0, 0.1) is 0 Å². The molecular weight excluding hydrogens is 208 g/mol. The number of phenolic OH excluding ortho intramolecular Hbond substituents is 1. The molecule has 0 saturated carbocycles. The van der Waals surface area contributed by atoms with Crippen LogP contribution in [0.2, 0.25) is 0 Å². The van der Waals surface area contributed by atoms with Crippen LogP contribution in [0.25, 0.3) is 32.3 Å². The molecule has 1 heteroatoms. The van der Waals surface area contributed by atoms with Crippen LogP contribution < -0.4 is 0 Å². The Bertz CT molecular complexity index is 782. The van der Waals surface area contributed by atoms with Gasteiger partial charge in [0, 0.05) is 0 Å². The summed E-state index contributed by atoms with van der Waals surface area (Å²) in [5.41, 5.74) is 0. The summed E-state index contributed by atoms with van der Waals surface area (Å²) >= 11 is 0. The van der Waals surface area contributed by atoms with Gasteiger partial charge in [-0.3, -0.25) is 0 Å². The maximum absolute atomic E-state index is 9.70. The fraction of sp³-hybridized carbons (Fsp3) is 0. The molecule has 1 N–H and O–H groups in total. The molecule has 0 fully saturated rings. The average molecular weight is 218 g/mol. The molecule has 0 amide bonds. The molecule has 0 unspecified atom stereocenters. The molecule has 4 aromatic carbocycles. The van der Waals surface area contributed by atoms with Gasteiger partial charge in [0.05, 0.1) is 0 Å². The van der Waals surface area contributed by atoms with E-state index in [2.05, 4.69) is 42.5 Å². The Morgan fingerprint density at radius 2 is 1.06 bits per heavy atom. The van der Waals surface area contributed by atoms with Gasteiger partial charge in [-0.25, -0.2) is 0 Å². The molecule has 0 heterocycles. The fourth-order valence-corrected chi connectivity index (χ4v) is 2.74. The van der Waals surface area contributed by atoms with Gasteiger partial charge in [0.1, 0.15) is 5.75 Å². The third-order valence-corrected chi connectivity index (χ3v) is 3.45. The van der Waals surface area contributed by atoms with E-state index >= 15 is 0 Å². The summed E-state index contributed by atoms with van der Waals surface area (Å²) in [5, 5.41) is 17.0. The summed E-state index contributed by atoms with van der Waals surface area (Å²) in [6.07, 6.45) is 0.